The summed E-state index contributed by atoms with van der Waals surface area (Å²) in [6, 6.07) is 7.84. The smallest absolute Gasteiger partial charge is 0.0662 e. The Morgan fingerprint density at radius 2 is 1.81 bits per heavy atom. The van der Waals surface area contributed by atoms with Crippen LogP contribution in [0.15, 0.2) is 30.5 Å². The third-order valence-corrected chi connectivity index (χ3v) is 2.71. The Hall–Kier alpha value is -1.41. The predicted octanol–water partition coefficient (Wildman–Crippen LogP) is 3.34. The first-order valence-electron chi connectivity index (χ1n) is 5.19. The van der Waals surface area contributed by atoms with Crippen LogP contribution in [0.5, 0.6) is 0 Å². The van der Waals surface area contributed by atoms with E-state index in [0.717, 1.165) is 28.5 Å². The molecule has 0 saturated carbocycles. The van der Waals surface area contributed by atoms with Crippen molar-refractivity contribution in [3.8, 4) is 0 Å². The van der Waals surface area contributed by atoms with Gasteiger partial charge in [-0.3, -0.25) is 9.97 Å². The number of nitrogens with zero attached hydrogens (tertiary/aromatic N) is 2. The lowest BCUT2D eigenvalue weighted by Gasteiger charge is -2.05. The number of benzene rings is 1. The van der Waals surface area contributed by atoms with Crippen LogP contribution in [0.2, 0.25) is 5.02 Å². The van der Waals surface area contributed by atoms with Crippen LogP contribution < -0.4 is 0 Å². The molecule has 0 atom stereocenters. The largest absolute Gasteiger partial charge is 0.258 e. The summed E-state index contributed by atoms with van der Waals surface area (Å²) in [5.41, 5.74) is 4.17. The fourth-order valence-corrected chi connectivity index (χ4v) is 1.68. The molecule has 0 fully saturated rings. The topological polar surface area (TPSA) is 25.8 Å². The second-order valence-corrected chi connectivity index (χ2v) is 4.28. The summed E-state index contributed by atoms with van der Waals surface area (Å²) in [4.78, 5) is 8.80. The number of hydrogen-bond donors (Lipinski definition) is 0. The van der Waals surface area contributed by atoms with E-state index in [2.05, 4.69) is 9.97 Å². The molecule has 1 aromatic heterocycles. The van der Waals surface area contributed by atoms with Gasteiger partial charge in [-0.05, 0) is 31.5 Å². The van der Waals surface area contributed by atoms with Crippen LogP contribution in [0.4, 0.5) is 0 Å². The first-order valence-corrected chi connectivity index (χ1v) is 5.56. The van der Waals surface area contributed by atoms with Crippen molar-refractivity contribution in [2.24, 2.45) is 0 Å². The molecule has 0 amide bonds. The zero-order valence-electron chi connectivity index (χ0n) is 9.37. The third kappa shape index (κ3) is 2.58. The molecule has 0 aliphatic rings. The Balaban J connectivity index is 2.26. The summed E-state index contributed by atoms with van der Waals surface area (Å²) < 4.78 is 0. The lowest BCUT2D eigenvalue weighted by Crippen LogP contribution is -2.00. The quantitative estimate of drug-likeness (QED) is 0.794. The van der Waals surface area contributed by atoms with Crippen molar-refractivity contribution >= 4 is 11.6 Å². The van der Waals surface area contributed by atoms with Gasteiger partial charge in [0.05, 0.1) is 17.1 Å². The van der Waals surface area contributed by atoms with Gasteiger partial charge in [0, 0.05) is 17.6 Å². The highest BCUT2D eigenvalue weighted by Crippen LogP contribution is 2.14. The summed E-state index contributed by atoms with van der Waals surface area (Å²) in [7, 11) is 0. The van der Waals surface area contributed by atoms with Crippen molar-refractivity contribution in [1.29, 1.82) is 0 Å². The molecule has 82 valence electrons. The van der Waals surface area contributed by atoms with Crippen LogP contribution in [-0.4, -0.2) is 9.97 Å². The highest BCUT2D eigenvalue weighted by molar-refractivity contribution is 6.30. The van der Waals surface area contributed by atoms with Crippen LogP contribution in [0.3, 0.4) is 0 Å². The average molecular weight is 233 g/mol. The molecule has 0 bridgehead atoms. The van der Waals surface area contributed by atoms with E-state index in [4.69, 9.17) is 11.6 Å². The molecule has 0 radical (unpaired) electrons. The van der Waals surface area contributed by atoms with Crippen molar-refractivity contribution in [2.45, 2.75) is 20.3 Å². The molecule has 0 unspecified atom stereocenters. The van der Waals surface area contributed by atoms with E-state index in [9.17, 15) is 0 Å². The van der Waals surface area contributed by atoms with E-state index in [-0.39, 0.29) is 0 Å². The summed E-state index contributed by atoms with van der Waals surface area (Å²) in [5, 5.41) is 0.760. The summed E-state index contributed by atoms with van der Waals surface area (Å²) >= 11 is 5.84. The molecular weight excluding hydrogens is 220 g/mol. The molecule has 1 heterocycles. The van der Waals surface area contributed by atoms with Crippen LogP contribution >= 0.6 is 11.6 Å². The van der Waals surface area contributed by atoms with E-state index >= 15 is 0 Å². The number of aryl methyl sites for hydroxylation is 2. The number of hydrogen-bond acceptors (Lipinski definition) is 2. The van der Waals surface area contributed by atoms with Gasteiger partial charge in [0.15, 0.2) is 0 Å². The Kier molecular flexibility index (Phi) is 3.20. The number of rotatable bonds is 2. The maximum absolute atomic E-state index is 5.84. The normalized spacial score (nSPS) is 10.4. The van der Waals surface area contributed by atoms with Gasteiger partial charge in [-0.15, -0.1) is 0 Å². The monoisotopic (exact) mass is 232 g/mol. The van der Waals surface area contributed by atoms with Gasteiger partial charge in [-0.2, -0.15) is 0 Å². The minimum Gasteiger partial charge on any atom is -0.258 e. The van der Waals surface area contributed by atoms with Gasteiger partial charge in [-0.1, -0.05) is 23.7 Å². The lowest BCUT2D eigenvalue weighted by molar-refractivity contribution is 0.951. The molecule has 0 N–H and O–H groups in total. The van der Waals surface area contributed by atoms with Crippen molar-refractivity contribution < 1.29 is 0 Å². The molecule has 16 heavy (non-hydrogen) atoms. The van der Waals surface area contributed by atoms with Crippen LogP contribution in [0.25, 0.3) is 0 Å². The third-order valence-electron chi connectivity index (χ3n) is 2.46. The van der Waals surface area contributed by atoms with Gasteiger partial charge in [0.25, 0.3) is 0 Å². The fourth-order valence-electron chi connectivity index (χ4n) is 1.55. The van der Waals surface area contributed by atoms with Gasteiger partial charge < -0.3 is 0 Å². The molecular formula is C13H13ClN2. The van der Waals surface area contributed by atoms with Crippen LogP contribution in [0.1, 0.15) is 22.6 Å². The Morgan fingerprint density at radius 1 is 1.12 bits per heavy atom. The van der Waals surface area contributed by atoms with Gasteiger partial charge >= 0.3 is 0 Å². The Bertz CT molecular complexity index is 492. The van der Waals surface area contributed by atoms with Gasteiger partial charge in [-0.25, -0.2) is 0 Å². The minimum atomic E-state index is 0.760. The zero-order chi connectivity index (χ0) is 11.5. The molecule has 2 nitrogen and oxygen atoms in total. The van der Waals surface area contributed by atoms with E-state index < -0.39 is 0 Å². The highest BCUT2D eigenvalue weighted by atomic mass is 35.5. The second-order valence-electron chi connectivity index (χ2n) is 3.85. The van der Waals surface area contributed by atoms with Crippen molar-refractivity contribution in [1.82, 2.24) is 9.97 Å². The lowest BCUT2D eigenvalue weighted by atomic mass is 10.1. The first kappa shape index (κ1) is 11.1. The minimum absolute atomic E-state index is 0.760. The molecule has 0 spiro atoms. The molecule has 2 rings (SSSR count). The van der Waals surface area contributed by atoms with Gasteiger partial charge in [0.1, 0.15) is 0 Å². The molecule has 3 heteroatoms. The van der Waals surface area contributed by atoms with E-state index in [1.165, 1.54) is 5.56 Å². The Morgan fingerprint density at radius 3 is 2.50 bits per heavy atom. The summed E-state index contributed by atoms with van der Waals surface area (Å²) in [5.74, 6) is 0. The SMILES string of the molecule is Cc1cnc(C)c(Cc2ccc(Cl)cc2)n1. The average Bonchev–Trinajstić information content (AvgIpc) is 2.27. The van der Waals surface area contributed by atoms with Crippen molar-refractivity contribution in [3.05, 3.63) is 58.1 Å². The summed E-state index contributed by atoms with van der Waals surface area (Å²) in [6.45, 7) is 3.94. The summed E-state index contributed by atoms with van der Waals surface area (Å²) in [6.07, 6.45) is 2.60. The number of halogens is 1. The maximum atomic E-state index is 5.84. The predicted molar refractivity (Wildman–Crippen MR) is 65.8 cm³/mol. The molecule has 2 aromatic rings. The van der Waals surface area contributed by atoms with Gasteiger partial charge in [0.2, 0.25) is 0 Å². The molecule has 0 saturated heterocycles. The van der Waals surface area contributed by atoms with E-state index in [1.54, 1.807) is 6.20 Å². The zero-order valence-corrected chi connectivity index (χ0v) is 10.1. The van der Waals surface area contributed by atoms with E-state index in [1.807, 2.05) is 38.1 Å². The standard InChI is InChI=1S/C13H13ClN2/c1-9-8-15-10(2)13(16-9)7-11-3-5-12(14)6-4-11/h3-6,8H,7H2,1-2H3. The molecule has 0 aliphatic heterocycles. The van der Waals surface area contributed by atoms with Crippen LogP contribution in [-0.2, 0) is 6.42 Å². The Labute approximate surface area is 100 Å². The second kappa shape index (κ2) is 4.62. The van der Waals surface area contributed by atoms with Crippen molar-refractivity contribution in [3.63, 3.8) is 0 Å². The van der Waals surface area contributed by atoms with Crippen LogP contribution in [0, 0.1) is 13.8 Å². The number of aromatic nitrogens is 2. The first-order chi connectivity index (χ1) is 7.65. The molecule has 0 aliphatic carbocycles. The van der Waals surface area contributed by atoms with E-state index in [0.29, 0.717) is 0 Å². The highest BCUT2D eigenvalue weighted by Gasteiger charge is 2.03. The fraction of sp³-hybridized carbons (Fsp3) is 0.231. The molecule has 1 aromatic carbocycles. The maximum Gasteiger partial charge on any atom is 0.0662 e. The van der Waals surface area contributed by atoms with Crippen molar-refractivity contribution in [2.75, 3.05) is 0 Å².